The van der Waals surface area contributed by atoms with E-state index in [2.05, 4.69) is 15.3 Å². The number of anilines is 1. The van der Waals surface area contributed by atoms with Crippen LogP contribution in [-0.4, -0.2) is 28.0 Å². The topological polar surface area (TPSA) is 37.8 Å². The molecule has 104 valence electrons. The van der Waals surface area contributed by atoms with Crippen LogP contribution in [0.1, 0.15) is 6.42 Å². The Labute approximate surface area is 128 Å². The van der Waals surface area contributed by atoms with E-state index in [1.54, 1.807) is 6.07 Å². The first-order chi connectivity index (χ1) is 9.81. The molecule has 1 aromatic carbocycles. The molecule has 1 saturated heterocycles. The van der Waals surface area contributed by atoms with E-state index in [9.17, 15) is 0 Å². The molecule has 5 heteroatoms. The third-order valence-corrected chi connectivity index (χ3v) is 4.75. The van der Waals surface area contributed by atoms with Gasteiger partial charge in [0.05, 0.1) is 0 Å². The first-order valence-corrected chi connectivity index (χ1v) is 8.26. The standard InChI is InChI=1S/C15H16ClN3S/c16-13-8-14(17-9-11-6-7-20-10-11)19-15(18-13)12-4-2-1-3-5-12/h1-5,8,11H,6-7,9-10H2,(H,17,18,19). The van der Waals surface area contributed by atoms with Gasteiger partial charge in [0.2, 0.25) is 0 Å². The van der Waals surface area contributed by atoms with Crippen LogP contribution in [0, 0.1) is 5.92 Å². The lowest BCUT2D eigenvalue weighted by Crippen LogP contribution is -2.14. The third kappa shape index (κ3) is 3.44. The Morgan fingerprint density at radius 2 is 2.10 bits per heavy atom. The highest BCUT2D eigenvalue weighted by Gasteiger charge is 2.15. The molecule has 20 heavy (non-hydrogen) atoms. The summed E-state index contributed by atoms with van der Waals surface area (Å²) >= 11 is 8.12. The number of hydrogen-bond donors (Lipinski definition) is 1. The molecule has 0 bridgehead atoms. The van der Waals surface area contributed by atoms with Crippen molar-refractivity contribution in [1.82, 2.24) is 9.97 Å². The van der Waals surface area contributed by atoms with Gasteiger partial charge in [-0.15, -0.1) is 0 Å². The highest BCUT2D eigenvalue weighted by molar-refractivity contribution is 7.99. The average molecular weight is 306 g/mol. The van der Waals surface area contributed by atoms with Gasteiger partial charge >= 0.3 is 0 Å². The predicted octanol–water partition coefficient (Wildman–Crippen LogP) is 3.96. The Hall–Kier alpha value is -1.26. The highest BCUT2D eigenvalue weighted by atomic mass is 35.5. The molecular formula is C15H16ClN3S. The van der Waals surface area contributed by atoms with E-state index in [1.807, 2.05) is 42.1 Å². The maximum Gasteiger partial charge on any atom is 0.163 e. The summed E-state index contributed by atoms with van der Waals surface area (Å²) in [5, 5.41) is 3.86. The smallest absolute Gasteiger partial charge is 0.163 e. The zero-order valence-corrected chi connectivity index (χ0v) is 12.6. The van der Waals surface area contributed by atoms with Crippen LogP contribution in [0.4, 0.5) is 5.82 Å². The maximum atomic E-state index is 6.10. The summed E-state index contributed by atoms with van der Waals surface area (Å²) in [6.45, 7) is 0.953. The summed E-state index contributed by atoms with van der Waals surface area (Å²) in [6.07, 6.45) is 1.28. The first-order valence-electron chi connectivity index (χ1n) is 6.73. The molecule has 3 rings (SSSR count). The minimum absolute atomic E-state index is 0.474. The van der Waals surface area contributed by atoms with Crippen molar-refractivity contribution in [2.75, 3.05) is 23.4 Å². The fourth-order valence-corrected chi connectivity index (χ4v) is 3.69. The summed E-state index contributed by atoms with van der Waals surface area (Å²) in [7, 11) is 0. The summed E-state index contributed by atoms with van der Waals surface area (Å²) in [5.74, 6) is 4.71. The van der Waals surface area contributed by atoms with Gasteiger partial charge in [-0.05, 0) is 23.8 Å². The van der Waals surface area contributed by atoms with E-state index in [-0.39, 0.29) is 0 Å². The number of nitrogens with one attached hydrogen (secondary N) is 1. The minimum Gasteiger partial charge on any atom is -0.370 e. The summed E-state index contributed by atoms with van der Waals surface area (Å²) in [5.41, 5.74) is 0.981. The van der Waals surface area contributed by atoms with Gasteiger partial charge in [0.1, 0.15) is 11.0 Å². The molecule has 1 fully saturated rings. The summed E-state index contributed by atoms with van der Waals surface area (Å²) < 4.78 is 0. The second-order valence-corrected chi connectivity index (χ2v) is 6.41. The van der Waals surface area contributed by atoms with E-state index >= 15 is 0 Å². The fourth-order valence-electron chi connectivity index (χ4n) is 2.22. The molecule has 2 aromatic rings. The number of halogens is 1. The lowest BCUT2D eigenvalue weighted by Gasteiger charge is -2.11. The van der Waals surface area contributed by atoms with E-state index in [0.717, 1.165) is 23.8 Å². The van der Waals surface area contributed by atoms with Crippen molar-refractivity contribution >= 4 is 29.2 Å². The minimum atomic E-state index is 0.474. The van der Waals surface area contributed by atoms with Crippen LogP contribution < -0.4 is 5.32 Å². The summed E-state index contributed by atoms with van der Waals surface area (Å²) in [6, 6.07) is 11.7. The van der Waals surface area contributed by atoms with E-state index in [4.69, 9.17) is 11.6 Å². The van der Waals surface area contributed by atoms with Gasteiger partial charge in [-0.1, -0.05) is 41.9 Å². The number of hydrogen-bond acceptors (Lipinski definition) is 4. The van der Waals surface area contributed by atoms with Crippen molar-refractivity contribution in [3.8, 4) is 11.4 Å². The van der Waals surface area contributed by atoms with Crippen LogP contribution in [0.5, 0.6) is 0 Å². The van der Waals surface area contributed by atoms with Crippen LogP contribution in [0.15, 0.2) is 36.4 Å². The normalized spacial score (nSPS) is 18.1. The van der Waals surface area contributed by atoms with Crippen LogP contribution in [0.3, 0.4) is 0 Å². The van der Waals surface area contributed by atoms with E-state index in [1.165, 1.54) is 17.9 Å². The van der Waals surface area contributed by atoms with E-state index in [0.29, 0.717) is 11.0 Å². The number of rotatable bonds is 4. The fraction of sp³-hybridized carbons (Fsp3) is 0.333. The molecule has 0 radical (unpaired) electrons. The Morgan fingerprint density at radius 1 is 1.25 bits per heavy atom. The Morgan fingerprint density at radius 3 is 2.85 bits per heavy atom. The van der Waals surface area contributed by atoms with Crippen molar-refractivity contribution in [2.24, 2.45) is 5.92 Å². The molecular weight excluding hydrogens is 290 g/mol. The molecule has 0 aliphatic carbocycles. The number of thioether (sulfide) groups is 1. The molecule has 1 aromatic heterocycles. The van der Waals surface area contributed by atoms with Crippen LogP contribution in [0.2, 0.25) is 5.15 Å². The van der Waals surface area contributed by atoms with Gasteiger partial charge in [0.15, 0.2) is 5.82 Å². The predicted molar refractivity (Wildman–Crippen MR) is 86.4 cm³/mol. The molecule has 2 heterocycles. The highest BCUT2D eigenvalue weighted by Crippen LogP contribution is 2.24. The van der Waals surface area contributed by atoms with Crippen molar-refractivity contribution in [3.05, 3.63) is 41.6 Å². The van der Waals surface area contributed by atoms with Gasteiger partial charge in [0, 0.05) is 18.2 Å². The molecule has 0 amide bonds. The lowest BCUT2D eigenvalue weighted by molar-refractivity contribution is 0.630. The third-order valence-electron chi connectivity index (χ3n) is 3.32. The molecule has 0 saturated carbocycles. The van der Waals surface area contributed by atoms with Crippen LogP contribution >= 0.6 is 23.4 Å². The quantitative estimate of drug-likeness (QED) is 0.868. The second-order valence-electron chi connectivity index (χ2n) is 4.88. The molecule has 1 N–H and O–H groups in total. The zero-order valence-electron chi connectivity index (χ0n) is 11.1. The molecule has 1 unspecified atom stereocenters. The number of nitrogens with zero attached hydrogens (tertiary/aromatic N) is 2. The van der Waals surface area contributed by atoms with Crippen molar-refractivity contribution in [2.45, 2.75) is 6.42 Å². The molecule has 1 atom stereocenters. The molecule has 3 nitrogen and oxygen atoms in total. The van der Waals surface area contributed by atoms with Crippen LogP contribution in [-0.2, 0) is 0 Å². The second kappa shape index (κ2) is 6.46. The van der Waals surface area contributed by atoms with Gasteiger partial charge in [0.25, 0.3) is 0 Å². The van der Waals surface area contributed by atoms with Gasteiger partial charge in [-0.25, -0.2) is 9.97 Å². The molecule has 1 aliphatic heterocycles. The largest absolute Gasteiger partial charge is 0.370 e. The van der Waals surface area contributed by atoms with E-state index < -0.39 is 0 Å². The van der Waals surface area contributed by atoms with Gasteiger partial charge in [-0.3, -0.25) is 0 Å². The number of benzene rings is 1. The zero-order chi connectivity index (χ0) is 13.8. The molecule has 1 aliphatic rings. The molecule has 0 spiro atoms. The Kier molecular flexibility index (Phi) is 4.43. The van der Waals surface area contributed by atoms with Crippen molar-refractivity contribution < 1.29 is 0 Å². The SMILES string of the molecule is Clc1cc(NCC2CCSC2)nc(-c2ccccc2)n1. The van der Waals surface area contributed by atoms with Crippen LogP contribution in [0.25, 0.3) is 11.4 Å². The lowest BCUT2D eigenvalue weighted by atomic mass is 10.1. The first kappa shape index (κ1) is 13.7. The Balaban J connectivity index is 1.76. The van der Waals surface area contributed by atoms with Gasteiger partial charge in [-0.2, -0.15) is 11.8 Å². The average Bonchev–Trinajstić information content (AvgIpc) is 2.99. The number of aromatic nitrogens is 2. The van der Waals surface area contributed by atoms with Gasteiger partial charge < -0.3 is 5.32 Å². The maximum absolute atomic E-state index is 6.10. The Bertz CT molecular complexity index is 571. The monoisotopic (exact) mass is 305 g/mol. The summed E-state index contributed by atoms with van der Waals surface area (Å²) in [4.78, 5) is 8.85. The van der Waals surface area contributed by atoms with Crippen molar-refractivity contribution in [3.63, 3.8) is 0 Å². The van der Waals surface area contributed by atoms with Crippen molar-refractivity contribution in [1.29, 1.82) is 0 Å².